The number of nitrogens with one attached hydrogen (secondary N) is 1. The Labute approximate surface area is 144 Å². The number of aryl methyl sites for hydroxylation is 1. The predicted molar refractivity (Wildman–Crippen MR) is 92.1 cm³/mol. The van der Waals surface area contributed by atoms with Crippen molar-refractivity contribution in [2.75, 3.05) is 26.8 Å². The highest BCUT2D eigenvalue weighted by Crippen LogP contribution is 2.24. The second-order valence-electron chi connectivity index (χ2n) is 6.38. The van der Waals surface area contributed by atoms with Crippen LogP contribution in [0, 0.1) is 12.8 Å². The molecule has 1 amide bonds. The largest absolute Gasteiger partial charge is 0.383 e. The molecule has 1 aromatic carbocycles. The van der Waals surface area contributed by atoms with Crippen molar-refractivity contribution in [1.82, 2.24) is 9.62 Å². The number of carbonyl (C=O) groups is 1. The van der Waals surface area contributed by atoms with Gasteiger partial charge < -0.3 is 10.1 Å². The molecule has 0 bridgehead atoms. The lowest BCUT2D eigenvalue weighted by Gasteiger charge is -2.31. The average Bonchev–Trinajstić information content (AvgIpc) is 2.55. The van der Waals surface area contributed by atoms with Gasteiger partial charge >= 0.3 is 0 Å². The molecule has 24 heavy (non-hydrogen) atoms. The number of hydrogen-bond donors (Lipinski definition) is 1. The summed E-state index contributed by atoms with van der Waals surface area (Å²) in [5, 5.41) is 2.88. The summed E-state index contributed by atoms with van der Waals surface area (Å²) in [6, 6.07) is 6.72. The lowest BCUT2D eigenvalue weighted by molar-refractivity contribution is -0.127. The molecule has 134 valence electrons. The van der Waals surface area contributed by atoms with Gasteiger partial charge in [-0.25, -0.2) is 8.42 Å². The molecule has 1 N–H and O–H groups in total. The van der Waals surface area contributed by atoms with E-state index in [0.29, 0.717) is 26.0 Å². The molecule has 1 heterocycles. The van der Waals surface area contributed by atoms with Gasteiger partial charge in [0.25, 0.3) is 0 Å². The maximum absolute atomic E-state index is 12.8. The van der Waals surface area contributed by atoms with Crippen molar-refractivity contribution < 1.29 is 17.9 Å². The van der Waals surface area contributed by atoms with E-state index in [9.17, 15) is 13.2 Å². The lowest BCUT2D eigenvalue weighted by atomic mass is 9.98. The van der Waals surface area contributed by atoms with E-state index in [-0.39, 0.29) is 29.3 Å². The first-order valence-corrected chi connectivity index (χ1v) is 9.64. The Morgan fingerprint density at radius 3 is 2.67 bits per heavy atom. The molecule has 0 radical (unpaired) electrons. The van der Waals surface area contributed by atoms with Crippen molar-refractivity contribution in [2.45, 2.75) is 37.6 Å². The van der Waals surface area contributed by atoms with Crippen molar-refractivity contribution in [1.29, 1.82) is 0 Å². The number of ether oxygens (including phenoxy) is 1. The Balaban J connectivity index is 2.07. The van der Waals surface area contributed by atoms with Gasteiger partial charge in [-0.3, -0.25) is 4.79 Å². The molecule has 2 rings (SSSR count). The first-order valence-electron chi connectivity index (χ1n) is 8.20. The molecule has 1 saturated heterocycles. The summed E-state index contributed by atoms with van der Waals surface area (Å²) in [6.45, 7) is 4.89. The number of piperidine rings is 1. The topological polar surface area (TPSA) is 75.7 Å². The molecule has 1 aromatic rings. The van der Waals surface area contributed by atoms with E-state index in [1.807, 2.05) is 13.8 Å². The Morgan fingerprint density at radius 2 is 2.04 bits per heavy atom. The van der Waals surface area contributed by atoms with Crippen LogP contribution in [-0.2, 0) is 19.6 Å². The van der Waals surface area contributed by atoms with E-state index in [2.05, 4.69) is 5.32 Å². The molecule has 1 fully saturated rings. The quantitative estimate of drug-likeness (QED) is 0.841. The van der Waals surface area contributed by atoms with Gasteiger partial charge in [-0.05, 0) is 38.8 Å². The number of nitrogens with zero attached hydrogens (tertiary/aromatic N) is 1. The molecular weight excluding hydrogens is 328 g/mol. The fourth-order valence-electron chi connectivity index (χ4n) is 2.89. The van der Waals surface area contributed by atoms with Crippen molar-refractivity contribution in [3.8, 4) is 0 Å². The second kappa shape index (κ2) is 8.09. The van der Waals surface area contributed by atoms with E-state index < -0.39 is 10.0 Å². The summed E-state index contributed by atoms with van der Waals surface area (Å²) >= 11 is 0. The summed E-state index contributed by atoms with van der Waals surface area (Å²) in [7, 11) is -1.97. The van der Waals surface area contributed by atoms with Crippen molar-refractivity contribution in [3.63, 3.8) is 0 Å². The standard InChI is InChI=1S/C17H26N2O4S/c1-13-6-8-16(9-7-13)24(21,22)19-10-4-5-15(11-19)17(20)18-14(2)12-23-3/h6-9,14-15H,4-5,10-12H2,1-3H3,(H,18,20)/t14-,15+/m1/s1. The average molecular weight is 354 g/mol. The number of carbonyl (C=O) groups excluding carboxylic acids is 1. The highest BCUT2D eigenvalue weighted by molar-refractivity contribution is 7.89. The summed E-state index contributed by atoms with van der Waals surface area (Å²) < 4.78 is 32.0. The van der Waals surface area contributed by atoms with Crippen LogP contribution in [-0.4, -0.2) is 51.5 Å². The van der Waals surface area contributed by atoms with Gasteiger partial charge in [-0.15, -0.1) is 0 Å². The third-order valence-corrected chi connectivity index (χ3v) is 6.10. The highest BCUT2D eigenvalue weighted by Gasteiger charge is 2.33. The number of methoxy groups -OCH3 is 1. The minimum absolute atomic E-state index is 0.0911. The zero-order valence-electron chi connectivity index (χ0n) is 14.5. The van der Waals surface area contributed by atoms with E-state index in [4.69, 9.17) is 4.74 Å². The van der Waals surface area contributed by atoms with E-state index in [0.717, 1.165) is 5.56 Å². The van der Waals surface area contributed by atoms with E-state index >= 15 is 0 Å². The number of amides is 1. The minimum atomic E-state index is -3.56. The Kier molecular flexibility index (Phi) is 6.37. The highest BCUT2D eigenvalue weighted by atomic mass is 32.2. The van der Waals surface area contributed by atoms with E-state index in [1.54, 1.807) is 31.4 Å². The number of sulfonamides is 1. The zero-order valence-corrected chi connectivity index (χ0v) is 15.3. The summed E-state index contributed by atoms with van der Waals surface area (Å²) in [6.07, 6.45) is 1.38. The van der Waals surface area contributed by atoms with Crippen molar-refractivity contribution in [3.05, 3.63) is 29.8 Å². The normalized spacial score (nSPS) is 20.5. The first-order chi connectivity index (χ1) is 11.3. The molecule has 0 saturated carbocycles. The first kappa shape index (κ1) is 18.9. The van der Waals surface area contributed by atoms with Crippen LogP contribution in [0.15, 0.2) is 29.2 Å². The summed E-state index contributed by atoms with van der Waals surface area (Å²) in [5.74, 6) is -0.429. The molecule has 2 atom stereocenters. The van der Waals surface area contributed by atoms with Crippen LogP contribution < -0.4 is 5.32 Å². The molecule has 7 heteroatoms. The Morgan fingerprint density at radius 1 is 1.38 bits per heavy atom. The van der Waals surface area contributed by atoms with Crippen LogP contribution in [0.2, 0.25) is 0 Å². The molecule has 0 unspecified atom stereocenters. The third kappa shape index (κ3) is 4.55. The Hall–Kier alpha value is -1.44. The molecular formula is C17H26N2O4S. The monoisotopic (exact) mass is 354 g/mol. The van der Waals surface area contributed by atoms with Gasteiger partial charge in [-0.2, -0.15) is 4.31 Å². The smallest absolute Gasteiger partial charge is 0.243 e. The number of benzene rings is 1. The van der Waals surface area contributed by atoms with Gasteiger partial charge in [0.1, 0.15) is 0 Å². The summed E-state index contributed by atoms with van der Waals surface area (Å²) in [4.78, 5) is 12.6. The molecule has 1 aliphatic heterocycles. The van der Waals surface area contributed by atoms with E-state index in [1.165, 1.54) is 4.31 Å². The van der Waals surface area contributed by atoms with Crippen LogP contribution in [0.1, 0.15) is 25.3 Å². The maximum Gasteiger partial charge on any atom is 0.243 e. The van der Waals surface area contributed by atoms with Gasteiger partial charge in [0, 0.05) is 26.2 Å². The minimum Gasteiger partial charge on any atom is -0.383 e. The molecule has 6 nitrogen and oxygen atoms in total. The lowest BCUT2D eigenvalue weighted by Crippen LogP contribution is -2.47. The molecule has 0 spiro atoms. The van der Waals surface area contributed by atoms with Gasteiger partial charge in [-0.1, -0.05) is 17.7 Å². The molecule has 1 aliphatic rings. The SMILES string of the molecule is COC[C@@H](C)NC(=O)[C@H]1CCCN(S(=O)(=O)c2ccc(C)cc2)C1. The fraction of sp³-hybridized carbons (Fsp3) is 0.588. The van der Waals surface area contributed by atoms with Gasteiger partial charge in [0.15, 0.2) is 0 Å². The van der Waals surface area contributed by atoms with Crippen LogP contribution in [0.3, 0.4) is 0 Å². The van der Waals surface area contributed by atoms with Gasteiger partial charge in [0.2, 0.25) is 15.9 Å². The van der Waals surface area contributed by atoms with Crippen molar-refractivity contribution >= 4 is 15.9 Å². The molecule has 0 aliphatic carbocycles. The van der Waals surface area contributed by atoms with Gasteiger partial charge in [0.05, 0.1) is 17.4 Å². The fourth-order valence-corrected chi connectivity index (χ4v) is 4.41. The molecule has 0 aromatic heterocycles. The van der Waals surface area contributed by atoms with Crippen LogP contribution in [0.5, 0.6) is 0 Å². The Bertz CT molecular complexity index is 658. The zero-order chi connectivity index (χ0) is 17.7. The second-order valence-corrected chi connectivity index (χ2v) is 8.32. The predicted octanol–water partition coefficient (Wildman–Crippen LogP) is 1.55. The summed E-state index contributed by atoms with van der Waals surface area (Å²) in [5.41, 5.74) is 1.01. The van der Waals surface area contributed by atoms with Crippen molar-refractivity contribution in [2.24, 2.45) is 5.92 Å². The number of rotatable bonds is 6. The van der Waals surface area contributed by atoms with Crippen LogP contribution in [0.4, 0.5) is 0 Å². The van der Waals surface area contributed by atoms with Crippen LogP contribution >= 0.6 is 0 Å². The number of hydrogen-bond acceptors (Lipinski definition) is 4. The van der Waals surface area contributed by atoms with Crippen LogP contribution in [0.25, 0.3) is 0 Å². The maximum atomic E-state index is 12.8. The third-order valence-electron chi connectivity index (χ3n) is 4.22.